The molecule has 1 aromatic rings. The van der Waals surface area contributed by atoms with E-state index < -0.39 is 69.6 Å². The van der Waals surface area contributed by atoms with Gasteiger partial charge in [-0.05, 0) is 44.8 Å². The van der Waals surface area contributed by atoms with Crippen molar-refractivity contribution in [2.24, 2.45) is 23.5 Å². The highest BCUT2D eigenvalue weighted by molar-refractivity contribution is 6.24. The normalized spacial score (nSPS) is 30.3. The van der Waals surface area contributed by atoms with E-state index in [-0.39, 0.29) is 41.6 Å². The van der Waals surface area contributed by atoms with Crippen molar-refractivity contribution in [2.45, 2.75) is 38.0 Å². The van der Waals surface area contributed by atoms with E-state index in [0.717, 1.165) is 13.1 Å². The Labute approximate surface area is 212 Å². The first kappa shape index (κ1) is 25.4. The molecule has 1 aromatic carbocycles. The summed E-state index contributed by atoms with van der Waals surface area (Å²) in [5, 5.41) is 44.3. The van der Waals surface area contributed by atoms with Crippen LogP contribution < -0.4 is 5.73 Å². The number of ketones is 2. The Bertz CT molecular complexity index is 1310. The molecule has 0 radical (unpaired) electrons. The van der Waals surface area contributed by atoms with Gasteiger partial charge in [0.25, 0.3) is 5.91 Å². The van der Waals surface area contributed by atoms with E-state index in [1.165, 1.54) is 25.1 Å². The zero-order chi connectivity index (χ0) is 27.1. The summed E-state index contributed by atoms with van der Waals surface area (Å²) >= 11 is 0. The van der Waals surface area contributed by atoms with Gasteiger partial charge in [-0.3, -0.25) is 24.2 Å². The van der Waals surface area contributed by atoms with Crippen LogP contribution in [0.1, 0.15) is 30.0 Å². The maximum absolute atomic E-state index is 15.7. The monoisotopic (exact) mass is 515 g/mol. The maximum atomic E-state index is 15.7. The highest BCUT2D eigenvalue weighted by atomic mass is 19.1. The fraction of sp³-hybridized carbons (Fsp3) is 0.500. The Morgan fingerprint density at radius 1 is 1.24 bits per heavy atom. The van der Waals surface area contributed by atoms with E-state index in [2.05, 4.69) is 6.92 Å². The van der Waals surface area contributed by atoms with Crippen molar-refractivity contribution in [1.29, 1.82) is 0 Å². The van der Waals surface area contributed by atoms with Gasteiger partial charge < -0.3 is 26.2 Å². The molecule has 4 aliphatic rings. The first-order valence-corrected chi connectivity index (χ1v) is 12.2. The van der Waals surface area contributed by atoms with Gasteiger partial charge in [-0.2, -0.15) is 0 Å². The Balaban J connectivity index is 1.65. The summed E-state index contributed by atoms with van der Waals surface area (Å²) in [6, 6.07) is 0.0404. The van der Waals surface area contributed by atoms with Crippen LogP contribution >= 0.6 is 0 Å². The molecule has 1 amide bonds. The zero-order valence-corrected chi connectivity index (χ0v) is 20.8. The van der Waals surface area contributed by atoms with Crippen molar-refractivity contribution in [3.63, 3.8) is 0 Å². The minimum atomic E-state index is -2.72. The quantitative estimate of drug-likeness (QED) is 0.360. The van der Waals surface area contributed by atoms with E-state index >= 15 is 4.39 Å². The topological polar surface area (TPSA) is 165 Å². The number of phenolic OH excluding ortho intramolecular Hbond substituents is 1. The molecular formula is C26H30FN3O7. The van der Waals surface area contributed by atoms with Gasteiger partial charge in [0.1, 0.15) is 28.7 Å². The van der Waals surface area contributed by atoms with Crippen molar-refractivity contribution in [1.82, 2.24) is 9.80 Å². The van der Waals surface area contributed by atoms with Crippen LogP contribution in [0.25, 0.3) is 5.76 Å². The number of carbonyl (C=O) groups is 3. The van der Waals surface area contributed by atoms with Gasteiger partial charge in [0.15, 0.2) is 11.4 Å². The average Bonchev–Trinajstić information content (AvgIpc) is 2.77. The van der Waals surface area contributed by atoms with Crippen molar-refractivity contribution in [2.75, 3.05) is 27.2 Å². The summed E-state index contributed by atoms with van der Waals surface area (Å²) in [5.41, 5.74) is 1.49. The maximum Gasteiger partial charge on any atom is 0.255 e. The highest BCUT2D eigenvalue weighted by Gasteiger charge is 2.64. The third-order valence-corrected chi connectivity index (χ3v) is 8.26. The number of aromatic hydroxyl groups is 1. The summed E-state index contributed by atoms with van der Waals surface area (Å²) in [6.07, 6.45) is -0.155. The highest BCUT2D eigenvalue weighted by Crippen LogP contribution is 2.53. The second kappa shape index (κ2) is 8.37. The standard InChI is InChI=1S/C26H30FN3O7/c1-10-7-30(8-10)9-12-6-15(31)17-13(19(12)27)4-11-5-14-20(29(2)3)22(33)18(25(28)36)24(35)26(14,37)23(34)16(11)21(17)32/h6,10-11,14,20,31-32,35,37H,4-5,7-9H2,1-3H3,(H2,28,36)/t11-,14-,20-,26-/m0/s1. The van der Waals surface area contributed by atoms with E-state index in [0.29, 0.717) is 5.92 Å². The smallest absolute Gasteiger partial charge is 0.255 e. The Hall–Kier alpha value is -3.28. The Morgan fingerprint density at radius 2 is 1.89 bits per heavy atom. The lowest BCUT2D eigenvalue weighted by atomic mass is 9.57. The molecule has 2 fully saturated rings. The molecule has 198 valence electrons. The first-order valence-electron chi connectivity index (χ1n) is 12.2. The molecule has 4 atom stereocenters. The third kappa shape index (κ3) is 3.44. The minimum Gasteiger partial charge on any atom is -0.508 e. The van der Waals surface area contributed by atoms with Crippen LogP contribution in [0.2, 0.25) is 0 Å². The van der Waals surface area contributed by atoms with Gasteiger partial charge in [-0.25, -0.2) is 4.39 Å². The van der Waals surface area contributed by atoms with Gasteiger partial charge in [0.2, 0.25) is 5.78 Å². The van der Waals surface area contributed by atoms with E-state index in [1.54, 1.807) is 0 Å². The van der Waals surface area contributed by atoms with Gasteiger partial charge in [-0.1, -0.05) is 6.92 Å². The molecule has 11 heteroatoms. The lowest BCUT2D eigenvalue weighted by Gasteiger charge is -2.50. The zero-order valence-electron chi connectivity index (χ0n) is 20.8. The molecule has 0 unspecified atom stereocenters. The number of hydrogen-bond donors (Lipinski definition) is 5. The summed E-state index contributed by atoms with van der Waals surface area (Å²) in [6.45, 7) is 3.97. The van der Waals surface area contributed by atoms with Crippen LogP contribution in [0.4, 0.5) is 4.39 Å². The van der Waals surface area contributed by atoms with Crippen LogP contribution in [0.5, 0.6) is 5.75 Å². The van der Waals surface area contributed by atoms with Crippen LogP contribution in [0, 0.1) is 23.6 Å². The molecule has 10 nitrogen and oxygen atoms in total. The van der Waals surface area contributed by atoms with Crippen LogP contribution in [0.3, 0.4) is 0 Å². The van der Waals surface area contributed by atoms with Crippen LogP contribution in [-0.2, 0) is 27.3 Å². The summed E-state index contributed by atoms with van der Waals surface area (Å²) in [5.74, 6) is -7.61. The van der Waals surface area contributed by atoms with Crippen molar-refractivity contribution in [3.8, 4) is 5.75 Å². The SMILES string of the molecule is CC1CN(Cc2cc(O)c3c(c2F)C[C@H]2C[C@H]4[C@H](N(C)C)C(=O)C(C(N)=O)=C(O)[C@@]4(O)C(=O)C2=C3O)C1. The molecule has 1 aliphatic heterocycles. The second-order valence-corrected chi connectivity index (χ2v) is 11.0. The summed E-state index contributed by atoms with van der Waals surface area (Å²) in [4.78, 5) is 42.3. The number of nitrogens with zero attached hydrogens (tertiary/aromatic N) is 2. The number of Topliss-reactive ketones (excluding diaryl/α,β-unsaturated/α-hetero) is 2. The molecule has 0 bridgehead atoms. The Morgan fingerprint density at radius 3 is 2.46 bits per heavy atom. The van der Waals surface area contributed by atoms with Gasteiger partial charge in [-0.15, -0.1) is 0 Å². The lowest BCUT2D eigenvalue weighted by molar-refractivity contribution is -0.153. The number of carbonyl (C=O) groups excluding carboxylic acids is 3. The van der Waals surface area contributed by atoms with Crippen LogP contribution in [-0.4, -0.2) is 86.5 Å². The number of aliphatic hydroxyl groups excluding tert-OH is 2. The van der Waals surface area contributed by atoms with Crippen molar-refractivity contribution < 1.29 is 39.2 Å². The van der Waals surface area contributed by atoms with E-state index in [4.69, 9.17) is 5.73 Å². The molecule has 1 saturated carbocycles. The fourth-order valence-electron chi connectivity index (χ4n) is 6.66. The minimum absolute atomic E-state index is 0.0502. The molecule has 1 heterocycles. The Kier molecular flexibility index (Phi) is 5.74. The molecule has 37 heavy (non-hydrogen) atoms. The molecule has 0 spiro atoms. The number of likely N-dealkylation sites (N-methyl/N-ethyl adjacent to an activating group) is 1. The van der Waals surface area contributed by atoms with Gasteiger partial charge in [0.05, 0.1) is 11.6 Å². The lowest BCUT2D eigenvalue weighted by Crippen LogP contribution is -2.65. The fourth-order valence-corrected chi connectivity index (χ4v) is 6.66. The van der Waals surface area contributed by atoms with Crippen molar-refractivity contribution in [3.05, 3.63) is 45.5 Å². The summed E-state index contributed by atoms with van der Waals surface area (Å²) in [7, 11) is 3.04. The largest absolute Gasteiger partial charge is 0.508 e. The number of amides is 1. The molecule has 5 rings (SSSR count). The van der Waals surface area contributed by atoms with Crippen LogP contribution in [0.15, 0.2) is 23.0 Å². The first-order chi connectivity index (χ1) is 17.3. The predicted octanol–water partition coefficient (Wildman–Crippen LogP) is 0.555. The number of hydrogen-bond acceptors (Lipinski definition) is 9. The number of likely N-dealkylation sites (tertiary alicyclic amines) is 1. The number of phenols is 1. The number of benzene rings is 1. The number of halogens is 1. The average molecular weight is 516 g/mol. The molecule has 6 N–H and O–H groups in total. The second-order valence-electron chi connectivity index (χ2n) is 11.0. The van der Waals surface area contributed by atoms with E-state index in [9.17, 15) is 34.8 Å². The number of nitrogens with two attached hydrogens (primary N) is 1. The third-order valence-electron chi connectivity index (χ3n) is 8.26. The van der Waals surface area contributed by atoms with Crippen molar-refractivity contribution >= 4 is 23.2 Å². The molecule has 1 saturated heterocycles. The molecule has 0 aromatic heterocycles. The summed E-state index contributed by atoms with van der Waals surface area (Å²) < 4.78 is 15.7. The van der Waals surface area contributed by atoms with E-state index in [1.807, 2.05) is 4.90 Å². The van der Waals surface area contributed by atoms with Gasteiger partial charge in [0, 0.05) is 42.3 Å². The van der Waals surface area contributed by atoms with Gasteiger partial charge >= 0.3 is 0 Å². The molecular weight excluding hydrogens is 485 g/mol. The number of primary amides is 1. The predicted molar refractivity (Wildman–Crippen MR) is 129 cm³/mol. The number of aliphatic hydroxyl groups is 3. The molecule has 3 aliphatic carbocycles. The number of rotatable bonds is 4. The number of fused-ring (bicyclic) bond motifs is 3.